The van der Waals surface area contributed by atoms with Gasteiger partial charge in [0, 0.05) is 15.7 Å². The SMILES string of the molecule is COc1ccc(-n2c(SCC(=O)N/N=C/C(Br)=C\c3ccccc3)nnc2-c2ccc(C(C)(C)C)cc2)cc1. The van der Waals surface area contributed by atoms with E-state index in [1.54, 1.807) is 13.3 Å². The summed E-state index contributed by atoms with van der Waals surface area (Å²) in [6, 6.07) is 25.8. The molecule has 7 nitrogen and oxygen atoms in total. The minimum absolute atomic E-state index is 0.0476. The van der Waals surface area contributed by atoms with Gasteiger partial charge in [0.1, 0.15) is 5.75 Å². The minimum atomic E-state index is -0.253. The van der Waals surface area contributed by atoms with Crippen LogP contribution in [0.3, 0.4) is 0 Å². The molecule has 1 aromatic heterocycles. The summed E-state index contributed by atoms with van der Waals surface area (Å²) in [5, 5.41) is 13.6. The molecule has 4 rings (SSSR count). The van der Waals surface area contributed by atoms with Crippen LogP contribution >= 0.6 is 27.7 Å². The van der Waals surface area contributed by atoms with E-state index in [0.717, 1.165) is 27.0 Å². The van der Waals surface area contributed by atoms with E-state index in [4.69, 9.17) is 4.74 Å². The second-order valence-corrected chi connectivity index (χ2v) is 11.5. The van der Waals surface area contributed by atoms with Crippen LogP contribution in [0.25, 0.3) is 23.2 Å². The van der Waals surface area contributed by atoms with Gasteiger partial charge in [0.2, 0.25) is 0 Å². The van der Waals surface area contributed by atoms with E-state index in [2.05, 4.69) is 81.7 Å². The Hall–Kier alpha value is -3.69. The van der Waals surface area contributed by atoms with Gasteiger partial charge in [0.15, 0.2) is 11.0 Å². The summed E-state index contributed by atoms with van der Waals surface area (Å²) in [6.07, 6.45) is 3.46. The minimum Gasteiger partial charge on any atom is -0.497 e. The topological polar surface area (TPSA) is 81.4 Å². The monoisotopic (exact) mass is 603 g/mol. The Morgan fingerprint density at radius 1 is 1.03 bits per heavy atom. The van der Waals surface area contributed by atoms with Gasteiger partial charge in [-0.25, -0.2) is 5.43 Å². The molecule has 3 aromatic carbocycles. The van der Waals surface area contributed by atoms with Crippen LogP contribution in [-0.2, 0) is 10.2 Å². The first-order valence-electron chi connectivity index (χ1n) is 12.3. The summed E-state index contributed by atoms with van der Waals surface area (Å²) in [4.78, 5) is 12.5. The van der Waals surface area contributed by atoms with Gasteiger partial charge < -0.3 is 4.74 Å². The van der Waals surface area contributed by atoms with Crippen LogP contribution in [0.15, 0.2) is 93.6 Å². The van der Waals surface area contributed by atoms with Gasteiger partial charge in [-0.3, -0.25) is 9.36 Å². The largest absolute Gasteiger partial charge is 0.497 e. The smallest absolute Gasteiger partial charge is 0.250 e. The zero-order valence-corrected chi connectivity index (χ0v) is 24.7. The van der Waals surface area contributed by atoms with Crippen molar-refractivity contribution in [1.82, 2.24) is 20.2 Å². The third-order valence-electron chi connectivity index (χ3n) is 5.79. The highest BCUT2D eigenvalue weighted by Crippen LogP contribution is 2.30. The number of nitrogens with zero attached hydrogens (tertiary/aromatic N) is 4. The second kappa shape index (κ2) is 12.9. The molecule has 4 aromatic rings. The van der Waals surface area contributed by atoms with Gasteiger partial charge in [0.25, 0.3) is 5.91 Å². The maximum Gasteiger partial charge on any atom is 0.250 e. The molecule has 0 aliphatic heterocycles. The van der Waals surface area contributed by atoms with Gasteiger partial charge in [-0.05, 0) is 62.8 Å². The van der Waals surface area contributed by atoms with E-state index in [0.29, 0.717) is 11.0 Å². The van der Waals surface area contributed by atoms with Crippen LogP contribution in [0.2, 0.25) is 0 Å². The quantitative estimate of drug-likeness (QED) is 0.128. The molecule has 9 heteroatoms. The lowest BCUT2D eigenvalue weighted by molar-refractivity contribution is -0.118. The lowest BCUT2D eigenvalue weighted by Crippen LogP contribution is -2.19. The first kappa shape index (κ1) is 28.3. The molecule has 0 aliphatic rings. The standard InChI is InChI=1S/C30H30BrN5O2S/c1-30(2,3)23-12-10-22(11-13-23)28-34-35-29(36(28)25-14-16-26(38-4)17-15-25)39-20-27(37)33-32-19-24(31)18-21-8-6-5-7-9-21/h5-19H,20H2,1-4H3,(H,33,37)/b24-18+,32-19+. The Kier molecular flexibility index (Phi) is 9.37. The highest BCUT2D eigenvalue weighted by molar-refractivity contribution is 9.12. The molecule has 200 valence electrons. The fraction of sp³-hybridized carbons (Fsp3) is 0.200. The third-order valence-corrected chi connectivity index (χ3v) is 7.15. The summed E-state index contributed by atoms with van der Waals surface area (Å²) in [5.41, 5.74) is 6.68. The van der Waals surface area contributed by atoms with Crippen molar-refractivity contribution in [3.8, 4) is 22.8 Å². The zero-order chi connectivity index (χ0) is 27.8. The first-order chi connectivity index (χ1) is 18.7. The van der Waals surface area contributed by atoms with Gasteiger partial charge in [-0.15, -0.1) is 10.2 Å². The highest BCUT2D eigenvalue weighted by atomic mass is 79.9. The Labute approximate surface area is 241 Å². The Balaban J connectivity index is 1.51. The number of nitrogens with one attached hydrogen (secondary N) is 1. The van der Waals surface area contributed by atoms with Crippen LogP contribution in [0.1, 0.15) is 31.9 Å². The molecule has 0 unspecified atom stereocenters. The van der Waals surface area contributed by atoms with Crippen molar-refractivity contribution in [2.24, 2.45) is 5.10 Å². The number of benzene rings is 3. The van der Waals surface area contributed by atoms with Crippen molar-refractivity contribution >= 4 is 45.9 Å². The number of thioether (sulfide) groups is 1. The van der Waals surface area contributed by atoms with Crippen LogP contribution in [-0.4, -0.2) is 39.7 Å². The Morgan fingerprint density at radius 3 is 2.36 bits per heavy atom. The zero-order valence-electron chi connectivity index (χ0n) is 22.3. The van der Waals surface area contributed by atoms with Gasteiger partial charge in [-0.2, -0.15) is 5.10 Å². The number of hydrogen-bond donors (Lipinski definition) is 1. The van der Waals surface area contributed by atoms with E-state index in [-0.39, 0.29) is 17.1 Å². The fourth-order valence-corrected chi connectivity index (χ4v) is 4.82. The molecule has 0 saturated heterocycles. The molecular formula is C30H30BrN5O2S. The molecule has 0 spiro atoms. The van der Waals surface area contributed by atoms with Crippen molar-refractivity contribution < 1.29 is 9.53 Å². The predicted octanol–water partition coefficient (Wildman–Crippen LogP) is 6.87. The summed E-state index contributed by atoms with van der Waals surface area (Å²) in [5.74, 6) is 1.31. The van der Waals surface area contributed by atoms with Crippen molar-refractivity contribution in [2.75, 3.05) is 12.9 Å². The summed E-state index contributed by atoms with van der Waals surface area (Å²) < 4.78 is 8.01. The highest BCUT2D eigenvalue weighted by Gasteiger charge is 2.19. The Bertz CT molecular complexity index is 1460. The third kappa shape index (κ3) is 7.68. The first-order valence-corrected chi connectivity index (χ1v) is 14.1. The van der Waals surface area contributed by atoms with E-state index in [9.17, 15) is 4.79 Å². The van der Waals surface area contributed by atoms with E-state index in [1.165, 1.54) is 17.3 Å². The van der Waals surface area contributed by atoms with E-state index < -0.39 is 0 Å². The number of aromatic nitrogens is 3. The second-order valence-electron chi connectivity index (χ2n) is 9.69. The predicted molar refractivity (Wildman–Crippen MR) is 163 cm³/mol. The summed E-state index contributed by atoms with van der Waals surface area (Å²) >= 11 is 4.74. The van der Waals surface area contributed by atoms with Crippen LogP contribution in [0.4, 0.5) is 0 Å². The normalized spacial score (nSPS) is 12.1. The average molecular weight is 605 g/mol. The van der Waals surface area contributed by atoms with Crippen LogP contribution in [0.5, 0.6) is 5.75 Å². The number of carbonyl (C=O) groups is 1. The molecular weight excluding hydrogens is 574 g/mol. The van der Waals surface area contributed by atoms with Crippen LogP contribution < -0.4 is 10.2 Å². The Morgan fingerprint density at radius 2 is 1.72 bits per heavy atom. The molecule has 1 N–H and O–H groups in total. The number of amides is 1. The molecule has 0 atom stereocenters. The molecule has 0 bridgehead atoms. The van der Waals surface area contributed by atoms with E-state index in [1.807, 2.05) is 65.2 Å². The molecule has 0 aliphatic carbocycles. The molecule has 0 fully saturated rings. The fourth-order valence-electron chi connectivity index (χ4n) is 3.71. The molecule has 1 heterocycles. The van der Waals surface area contributed by atoms with Crippen molar-refractivity contribution in [3.05, 3.63) is 94.5 Å². The number of rotatable bonds is 9. The van der Waals surface area contributed by atoms with Crippen molar-refractivity contribution in [3.63, 3.8) is 0 Å². The maximum absolute atomic E-state index is 12.5. The number of hydrogen-bond acceptors (Lipinski definition) is 6. The molecule has 0 saturated carbocycles. The number of ether oxygens (including phenoxy) is 1. The summed E-state index contributed by atoms with van der Waals surface area (Å²) in [6.45, 7) is 6.55. The van der Waals surface area contributed by atoms with Crippen molar-refractivity contribution in [2.45, 2.75) is 31.3 Å². The van der Waals surface area contributed by atoms with Crippen molar-refractivity contribution in [1.29, 1.82) is 0 Å². The molecule has 1 amide bonds. The maximum atomic E-state index is 12.5. The number of halogens is 1. The van der Waals surface area contributed by atoms with Gasteiger partial charge >= 0.3 is 0 Å². The number of hydrazone groups is 1. The lowest BCUT2D eigenvalue weighted by atomic mass is 9.87. The number of allylic oxidation sites excluding steroid dienone is 1. The molecule has 39 heavy (non-hydrogen) atoms. The lowest BCUT2D eigenvalue weighted by Gasteiger charge is -2.19. The number of methoxy groups -OCH3 is 1. The molecule has 0 radical (unpaired) electrons. The number of carbonyl (C=O) groups excluding carboxylic acids is 1. The van der Waals surface area contributed by atoms with Crippen LogP contribution in [0, 0.1) is 0 Å². The average Bonchev–Trinajstić information content (AvgIpc) is 3.36. The van der Waals surface area contributed by atoms with Gasteiger partial charge in [0.05, 0.1) is 19.1 Å². The van der Waals surface area contributed by atoms with E-state index >= 15 is 0 Å². The summed E-state index contributed by atoms with van der Waals surface area (Å²) in [7, 11) is 1.63. The van der Waals surface area contributed by atoms with Gasteiger partial charge in [-0.1, -0.05) is 87.1 Å².